The Morgan fingerprint density at radius 3 is 2.64 bits per heavy atom. The molecule has 0 bridgehead atoms. The molecule has 0 aliphatic carbocycles. The largest absolute Gasteiger partial charge is 0.458 e. The Kier molecular flexibility index (Phi) is 8.32. The van der Waals surface area contributed by atoms with Gasteiger partial charge in [-0.05, 0) is 79.1 Å². The lowest BCUT2D eigenvalue weighted by molar-refractivity contribution is -0.533. The molecule has 228 valence electrons. The third-order valence-corrected chi connectivity index (χ3v) is 9.05. The molecule has 44 heavy (non-hydrogen) atoms. The van der Waals surface area contributed by atoms with Gasteiger partial charge in [-0.15, -0.1) is 0 Å². The maximum atomic E-state index is 14.8. The second kappa shape index (κ2) is 12.5. The minimum Gasteiger partial charge on any atom is -0.458 e. The van der Waals surface area contributed by atoms with Gasteiger partial charge < -0.3 is 20.2 Å². The predicted octanol–water partition coefficient (Wildman–Crippen LogP) is 1.99. The van der Waals surface area contributed by atoms with Crippen LogP contribution in [0.2, 0.25) is 0 Å². The lowest BCUT2D eigenvalue weighted by Crippen LogP contribution is -2.83. The second-order valence-electron chi connectivity index (χ2n) is 11.7. The summed E-state index contributed by atoms with van der Waals surface area (Å²) in [7, 11) is 0. The van der Waals surface area contributed by atoms with Gasteiger partial charge in [0.25, 0.3) is 11.8 Å². The molecule has 10 heteroatoms. The molecule has 3 aromatic carbocycles. The molecule has 0 spiro atoms. The number of likely N-dealkylation sites (tertiary alicyclic amines) is 1. The van der Waals surface area contributed by atoms with E-state index in [2.05, 4.69) is 15.8 Å². The van der Waals surface area contributed by atoms with Crippen LogP contribution in [0, 0.1) is 18.7 Å². The third-order valence-electron chi connectivity index (χ3n) is 9.05. The molecule has 3 aliphatic heterocycles. The molecule has 3 aliphatic rings. The van der Waals surface area contributed by atoms with Crippen molar-refractivity contribution in [2.24, 2.45) is 5.92 Å². The fourth-order valence-corrected chi connectivity index (χ4v) is 6.62. The van der Waals surface area contributed by atoms with Crippen LogP contribution in [0.3, 0.4) is 0 Å². The van der Waals surface area contributed by atoms with Gasteiger partial charge >= 0.3 is 5.90 Å². The van der Waals surface area contributed by atoms with Gasteiger partial charge in [-0.25, -0.2) is 4.39 Å². The van der Waals surface area contributed by atoms with Gasteiger partial charge in [0.05, 0.1) is 23.7 Å². The van der Waals surface area contributed by atoms with Gasteiger partial charge in [-0.2, -0.15) is 5.43 Å². The Morgan fingerprint density at radius 1 is 1.05 bits per heavy atom. The standard InChI is InChI=1S/C34H36FN5O4/c1-21-5-2-3-7-25(21)32(42)38-37-15-11-22-9-10-28(35)27(19-22)34(44)39-16-12-24(13-17-39)33(43)40-18-14-23-6-4-8-26-30(23)29(40)20-36-31(26)41/h2-10,19,24,29,37H,11-18,20H2,1H3,(H,36,41)(H,38,42)/p+1. The number of aliphatic hydroxyl groups is 1. The minimum absolute atomic E-state index is 0.0142. The zero-order valence-corrected chi connectivity index (χ0v) is 24.7. The number of aryl methyl sites for hydroxylation is 1. The highest BCUT2D eigenvalue weighted by atomic mass is 19.1. The molecule has 0 saturated carbocycles. The molecule has 3 amide bonds. The van der Waals surface area contributed by atoms with E-state index in [-0.39, 0.29) is 41.1 Å². The summed E-state index contributed by atoms with van der Waals surface area (Å²) in [6.45, 7) is 4.09. The van der Waals surface area contributed by atoms with Gasteiger partial charge in [0.15, 0.2) is 0 Å². The van der Waals surface area contributed by atoms with Crippen molar-refractivity contribution in [3.8, 4) is 0 Å². The summed E-state index contributed by atoms with van der Waals surface area (Å²) >= 11 is 0. The molecule has 1 fully saturated rings. The highest BCUT2D eigenvalue weighted by Crippen LogP contribution is 2.36. The molecule has 1 saturated heterocycles. The first-order valence-corrected chi connectivity index (χ1v) is 15.2. The van der Waals surface area contributed by atoms with Crippen LogP contribution in [-0.2, 0) is 17.6 Å². The number of rotatable bonds is 7. The first-order valence-electron chi connectivity index (χ1n) is 15.2. The van der Waals surface area contributed by atoms with E-state index in [4.69, 9.17) is 0 Å². The zero-order valence-electron chi connectivity index (χ0n) is 24.7. The van der Waals surface area contributed by atoms with Crippen LogP contribution in [0.25, 0.3) is 0 Å². The van der Waals surface area contributed by atoms with Crippen LogP contribution >= 0.6 is 0 Å². The molecule has 0 radical (unpaired) electrons. The van der Waals surface area contributed by atoms with Crippen molar-refractivity contribution in [1.29, 1.82) is 0 Å². The van der Waals surface area contributed by atoms with E-state index in [0.717, 1.165) is 22.3 Å². The van der Waals surface area contributed by atoms with Crippen LogP contribution < -0.4 is 15.8 Å². The maximum absolute atomic E-state index is 14.8. The molecule has 1 unspecified atom stereocenters. The van der Waals surface area contributed by atoms with Gasteiger partial charge in [0.1, 0.15) is 5.82 Å². The summed E-state index contributed by atoms with van der Waals surface area (Å²) in [5, 5.41) is 16.0. The minimum atomic E-state index is -0.573. The van der Waals surface area contributed by atoms with Crippen molar-refractivity contribution < 1.29 is 29.0 Å². The third kappa shape index (κ3) is 5.76. The number of aliphatic hydroxyl groups excluding tert-OH is 1. The van der Waals surface area contributed by atoms with E-state index in [9.17, 15) is 23.9 Å². The SMILES string of the molecule is Cc1ccccc1C(O)=[NH+]NCCc1ccc(F)c(C(=O)N2CCC(C(=O)N3CCc4cccc5c4C3CNC5=O)CC2)c1. The van der Waals surface area contributed by atoms with Gasteiger partial charge in [-0.3, -0.25) is 14.4 Å². The molecule has 0 aromatic heterocycles. The molecule has 6 rings (SSSR count). The summed E-state index contributed by atoms with van der Waals surface area (Å²) in [6, 6.07) is 17.6. The van der Waals surface area contributed by atoms with Crippen LogP contribution in [-0.4, -0.2) is 71.2 Å². The number of hydrogen-bond acceptors (Lipinski definition) is 4. The summed E-state index contributed by atoms with van der Waals surface area (Å²) in [6.07, 6.45) is 2.23. The Bertz CT molecular complexity index is 1630. The first-order chi connectivity index (χ1) is 21.3. The monoisotopic (exact) mass is 598 g/mol. The number of hydrogen-bond donors (Lipinski definition) is 4. The maximum Gasteiger partial charge on any atom is 0.394 e. The van der Waals surface area contributed by atoms with Crippen molar-refractivity contribution in [3.63, 3.8) is 0 Å². The van der Waals surface area contributed by atoms with E-state index in [1.165, 1.54) is 6.07 Å². The fraction of sp³-hybridized carbons (Fsp3) is 0.353. The number of carbonyl (C=O) groups is 3. The summed E-state index contributed by atoms with van der Waals surface area (Å²) in [5.74, 6) is -1.21. The van der Waals surface area contributed by atoms with Crippen molar-refractivity contribution in [3.05, 3.63) is 105 Å². The van der Waals surface area contributed by atoms with Gasteiger partial charge in [0.2, 0.25) is 5.91 Å². The molecule has 3 heterocycles. The predicted molar refractivity (Wildman–Crippen MR) is 163 cm³/mol. The van der Waals surface area contributed by atoms with E-state index in [1.54, 1.807) is 17.0 Å². The number of carbonyl (C=O) groups excluding carboxylic acids is 3. The lowest BCUT2D eigenvalue weighted by Gasteiger charge is -2.43. The Balaban J connectivity index is 1.05. The van der Waals surface area contributed by atoms with Crippen LogP contribution in [0.15, 0.2) is 60.7 Å². The summed E-state index contributed by atoms with van der Waals surface area (Å²) < 4.78 is 14.8. The Hall–Kier alpha value is -4.73. The molecular weight excluding hydrogens is 561 g/mol. The summed E-state index contributed by atoms with van der Waals surface area (Å²) in [4.78, 5) is 43.0. The molecular formula is C34H37FN5O4+. The average Bonchev–Trinajstić information content (AvgIpc) is 3.05. The second-order valence-corrected chi connectivity index (χ2v) is 11.7. The molecule has 3 aromatic rings. The van der Waals surface area contributed by atoms with Crippen molar-refractivity contribution in [2.45, 2.75) is 38.6 Å². The number of halogens is 1. The summed E-state index contributed by atoms with van der Waals surface area (Å²) in [5.41, 5.74) is 8.14. The quantitative estimate of drug-likeness (QED) is 0.144. The number of nitrogens with one attached hydrogen (secondary N) is 3. The number of amides is 3. The first kappa shape index (κ1) is 29.3. The zero-order chi connectivity index (χ0) is 30.8. The van der Waals surface area contributed by atoms with Crippen LogP contribution in [0.5, 0.6) is 0 Å². The van der Waals surface area contributed by atoms with Gasteiger partial charge in [-0.1, -0.05) is 41.5 Å². The van der Waals surface area contributed by atoms with Crippen molar-refractivity contribution >= 4 is 23.6 Å². The average molecular weight is 599 g/mol. The Labute approximate surface area is 255 Å². The number of hydrazone groups is 1. The van der Waals surface area contributed by atoms with Crippen molar-refractivity contribution in [1.82, 2.24) is 20.5 Å². The van der Waals surface area contributed by atoms with E-state index in [1.807, 2.05) is 54.3 Å². The highest BCUT2D eigenvalue weighted by molar-refractivity contribution is 5.98. The fourth-order valence-electron chi connectivity index (χ4n) is 6.62. The highest BCUT2D eigenvalue weighted by Gasteiger charge is 2.40. The topological polar surface area (TPSA) is 116 Å². The van der Waals surface area contributed by atoms with Crippen molar-refractivity contribution in [2.75, 3.05) is 32.7 Å². The molecule has 1 atom stereocenters. The Morgan fingerprint density at radius 2 is 1.84 bits per heavy atom. The van der Waals surface area contributed by atoms with Crippen LogP contribution in [0.4, 0.5) is 4.39 Å². The number of piperidine rings is 1. The molecule has 9 nitrogen and oxygen atoms in total. The molecule has 4 N–H and O–H groups in total. The van der Waals surface area contributed by atoms with E-state index in [0.29, 0.717) is 69.5 Å². The van der Waals surface area contributed by atoms with E-state index < -0.39 is 5.82 Å². The van der Waals surface area contributed by atoms with Crippen LogP contribution in [0.1, 0.15) is 67.4 Å². The van der Waals surface area contributed by atoms with Gasteiger partial charge in [0, 0.05) is 37.7 Å². The number of hydrazine groups is 1. The lowest BCUT2D eigenvalue weighted by atomic mass is 9.84. The number of benzene rings is 3. The number of nitrogens with zero attached hydrogens (tertiary/aromatic N) is 2. The van der Waals surface area contributed by atoms with E-state index >= 15 is 0 Å². The normalized spacial score (nSPS) is 18.5. The smallest absolute Gasteiger partial charge is 0.394 e.